The van der Waals surface area contributed by atoms with Crippen molar-refractivity contribution in [3.63, 3.8) is 0 Å². The van der Waals surface area contributed by atoms with Gasteiger partial charge in [-0.1, -0.05) is 19.9 Å². The number of fused-ring (bicyclic) bond motifs is 5. The summed E-state index contributed by atoms with van der Waals surface area (Å²) < 4.78 is 5.41. The average molecular weight is 298 g/mol. The Morgan fingerprint density at radius 1 is 1.27 bits per heavy atom. The van der Waals surface area contributed by atoms with E-state index in [1.165, 1.54) is 17.5 Å². The number of hydrogen-bond acceptors (Lipinski definition) is 2. The molecule has 0 unspecified atom stereocenters. The fourth-order valence-corrected chi connectivity index (χ4v) is 5.85. The van der Waals surface area contributed by atoms with E-state index in [0.29, 0.717) is 29.5 Å². The van der Waals surface area contributed by atoms with Crippen LogP contribution in [0.2, 0.25) is 0 Å². The number of hydrogen-bond donors (Lipinski definition) is 0. The third kappa shape index (κ3) is 1.82. The molecule has 0 amide bonds. The van der Waals surface area contributed by atoms with Crippen molar-refractivity contribution in [2.45, 2.75) is 51.9 Å². The highest BCUT2D eigenvalue weighted by atomic mass is 16.5. The fourth-order valence-electron chi connectivity index (χ4n) is 5.85. The van der Waals surface area contributed by atoms with Crippen LogP contribution in [0.1, 0.15) is 56.6 Å². The second kappa shape index (κ2) is 4.84. The lowest BCUT2D eigenvalue weighted by molar-refractivity contribution is -0.129. The smallest absolute Gasteiger partial charge is 0.139 e. The van der Waals surface area contributed by atoms with E-state index in [1.807, 2.05) is 0 Å². The van der Waals surface area contributed by atoms with Crippen LogP contribution in [0.25, 0.3) is 0 Å². The van der Waals surface area contributed by atoms with Crippen LogP contribution in [-0.4, -0.2) is 12.9 Å². The van der Waals surface area contributed by atoms with Crippen molar-refractivity contribution in [3.05, 3.63) is 29.3 Å². The normalized spacial score (nSPS) is 39.9. The Kier molecular flexibility index (Phi) is 3.15. The Labute approximate surface area is 133 Å². The molecule has 2 saturated carbocycles. The highest BCUT2D eigenvalue weighted by Gasteiger charge is 2.56. The molecule has 2 nitrogen and oxygen atoms in total. The number of carbonyl (C=O) groups is 1. The SMILES string of the molecule is COc1ccc2c(c1)C[C@@H](C)[C@@H]1[C@H]2CC[C@@]2(C)C(=O)CC[C@@H]12. The van der Waals surface area contributed by atoms with Crippen LogP contribution in [0.4, 0.5) is 0 Å². The van der Waals surface area contributed by atoms with Crippen LogP contribution in [0.15, 0.2) is 18.2 Å². The molecule has 4 rings (SSSR count). The van der Waals surface area contributed by atoms with E-state index in [0.717, 1.165) is 31.4 Å². The third-order valence-electron chi connectivity index (χ3n) is 6.99. The highest BCUT2D eigenvalue weighted by molar-refractivity contribution is 5.87. The van der Waals surface area contributed by atoms with Gasteiger partial charge in [0.2, 0.25) is 0 Å². The fraction of sp³-hybridized carbons (Fsp3) is 0.650. The van der Waals surface area contributed by atoms with E-state index in [1.54, 1.807) is 7.11 Å². The largest absolute Gasteiger partial charge is 0.497 e. The molecule has 0 radical (unpaired) electrons. The zero-order valence-electron chi connectivity index (χ0n) is 13.9. The summed E-state index contributed by atoms with van der Waals surface area (Å²) in [4.78, 5) is 12.4. The maximum Gasteiger partial charge on any atom is 0.139 e. The first kappa shape index (κ1) is 14.3. The molecule has 0 spiro atoms. The molecule has 0 N–H and O–H groups in total. The molecule has 5 atom stereocenters. The lowest BCUT2D eigenvalue weighted by Gasteiger charge is -2.51. The molecule has 2 heteroatoms. The molecule has 0 aliphatic heterocycles. The number of Topliss-reactive ketones (excluding diaryl/α,β-unsaturated/α-hetero) is 1. The predicted octanol–water partition coefficient (Wildman–Crippen LogP) is 4.37. The molecule has 118 valence electrons. The monoisotopic (exact) mass is 298 g/mol. The van der Waals surface area contributed by atoms with Crippen LogP contribution >= 0.6 is 0 Å². The van der Waals surface area contributed by atoms with Crippen LogP contribution in [0.5, 0.6) is 5.75 Å². The van der Waals surface area contributed by atoms with Gasteiger partial charge in [-0.15, -0.1) is 0 Å². The van der Waals surface area contributed by atoms with Gasteiger partial charge in [0.1, 0.15) is 11.5 Å². The average Bonchev–Trinajstić information content (AvgIpc) is 2.82. The first-order valence-electron chi connectivity index (χ1n) is 8.74. The Morgan fingerprint density at radius 3 is 2.86 bits per heavy atom. The van der Waals surface area contributed by atoms with Gasteiger partial charge in [-0.25, -0.2) is 0 Å². The van der Waals surface area contributed by atoms with Gasteiger partial charge in [0.25, 0.3) is 0 Å². The number of ketones is 1. The Balaban J connectivity index is 1.75. The molecule has 1 aromatic carbocycles. The van der Waals surface area contributed by atoms with Crippen LogP contribution in [-0.2, 0) is 11.2 Å². The number of benzene rings is 1. The molecule has 1 aromatic rings. The van der Waals surface area contributed by atoms with Gasteiger partial charge < -0.3 is 4.74 Å². The van der Waals surface area contributed by atoms with Gasteiger partial charge in [-0.2, -0.15) is 0 Å². The summed E-state index contributed by atoms with van der Waals surface area (Å²) in [6.45, 7) is 4.65. The molecule has 3 aliphatic rings. The van der Waals surface area contributed by atoms with Crippen molar-refractivity contribution in [1.82, 2.24) is 0 Å². The molecule has 0 heterocycles. The van der Waals surface area contributed by atoms with E-state index >= 15 is 0 Å². The second-order valence-electron chi connectivity index (χ2n) is 7.95. The zero-order chi connectivity index (χ0) is 15.5. The molecular weight excluding hydrogens is 272 g/mol. The number of methoxy groups -OCH3 is 1. The second-order valence-corrected chi connectivity index (χ2v) is 7.95. The maximum atomic E-state index is 12.4. The number of ether oxygens (including phenoxy) is 1. The molecular formula is C20H26O2. The molecule has 0 bridgehead atoms. The van der Waals surface area contributed by atoms with Crippen molar-refractivity contribution < 1.29 is 9.53 Å². The molecule has 0 saturated heterocycles. The van der Waals surface area contributed by atoms with Crippen LogP contribution < -0.4 is 4.74 Å². The number of carbonyl (C=O) groups excluding carboxylic acids is 1. The Morgan fingerprint density at radius 2 is 2.09 bits per heavy atom. The lowest BCUT2D eigenvalue weighted by atomic mass is 9.53. The topological polar surface area (TPSA) is 26.3 Å². The molecule has 3 aliphatic carbocycles. The van der Waals surface area contributed by atoms with Crippen LogP contribution in [0, 0.1) is 23.2 Å². The molecule has 0 aromatic heterocycles. The summed E-state index contributed by atoms with van der Waals surface area (Å²) >= 11 is 0. The van der Waals surface area contributed by atoms with E-state index in [4.69, 9.17) is 4.74 Å². The number of rotatable bonds is 1. The van der Waals surface area contributed by atoms with E-state index in [2.05, 4.69) is 32.0 Å². The summed E-state index contributed by atoms with van der Waals surface area (Å²) in [5.41, 5.74) is 2.98. The van der Waals surface area contributed by atoms with Crippen LogP contribution in [0.3, 0.4) is 0 Å². The summed E-state index contributed by atoms with van der Waals surface area (Å²) in [6.07, 6.45) is 5.32. The van der Waals surface area contributed by atoms with Crippen molar-refractivity contribution in [2.24, 2.45) is 23.2 Å². The first-order chi connectivity index (χ1) is 10.5. The van der Waals surface area contributed by atoms with Crippen molar-refractivity contribution in [1.29, 1.82) is 0 Å². The van der Waals surface area contributed by atoms with Gasteiger partial charge in [0, 0.05) is 11.8 Å². The van der Waals surface area contributed by atoms with Crippen molar-refractivity contribution >= 4 is 5.78 Å². The molecule has 22 heavy (non-hydrogen) atoms. The first-order valence-corrected chi connectivity index (χ1v) is 8.74. The van der Waals surface area contributed by atoms with E-state index < -0.39 is 0 Å². The molecule has 2 fully saturated rings. The standard InChI is InChI=1S/C20H26O2/c1-12-10-13-11-14(22-3)4-5-15(13)16-8-9-20(2)17(19(12)16)6-7-18(20)21/h4-5,11-12,16-17,19H,6-10H2,1-3H3/t12-,16+,17+,19-,20-/m1/s1. The van der Waals surface area contributed by atoms with Crippen molar-refractivity contribution in [2.75, 3.05) is 7.11 Å². The predicted molar refractivity (Wildman–Crippen MR) is 87.2 cm³/mol. The van der Waals surface area contributed by atoms with Crippen molar-refractivity contribution in [3.8, 4) is 5.75 Å². The minimum atomic E-state index is -0.0284. The minimum Gasteiger partial charge on any atom is -0.497 e. The van der Waals surface area contributed by atoms with Gasteiger partial charge in [-0.3, -0.25) is 4.79 Å². The minimum absolute atomic E-state index is 0.0284. The van der Waals surface area contributed by atoms with Gasteiger partial charge >= 0.3 is 0 Å². The Hall–Kier alpha value is -1.31. The van der Waals surface area contributed by atoms with Gasteiger partial charge in [0.15, 0.2) is 0 Å². The quantitative estimate of drug-likeness (QED) is 0.769. The third-order valence-corrected chi connectivity index (χ3v) is 6.99. The highest BCUT2D eigenvalue weighted by Crippen LogP contribution is 2.60. The van der Waals surface area contributed by atoms with E-state index in [9.17, 15) is 4.79 Å². The lowest BCUT2D eigenvalue weighted by Crippen LogP contribution is -2.45. The van der Waals surface area contributed by atoms with E-state index in [-0.39, 0.29) is 5.41 Å². The van der Waals surface area contributed by atoms with Gasteiger partial charge in [-0.05, 0) is 72.6 Å². The summed E-state index contributed by atoms with van der Waals surface area (Å²) in [5.74, 6) is 4.11. The summed E-state index contributed by atoms with van der Waals surface area (Å²) in [6, 6.07) is 6.63. The summed E-state index contributed by atoms with van der Waals surface area (Å²) in [5, 5.41) is 0. The summed E-state index contributed by atoms with van der Waals surface area (Å²) in [7, 11) is 1.74. The van der Waals surface area contributed by atoms with Gasteiger partial charge in [0.05, 0.1) is 7.11 Å². The Bertz CT molecular complexity index is 620. The maximum absolute atomic E-state index is 12.4. The zero-order valence-corrected chi connectivity index (χ0v) is 13.9.